The van der Waals surface area contributed by atoms with Crippen LogP contribution in [0, 0.1) is 6.92 Å². The quantitative estimate of drug-likeness (QED) is 0.252. The van der Waals surface area contributed by atoms with Crippen molar-refractivity contribution in [3.8, 4) is 22.1 Å². The van der Waals surface area contributed by atoms with Crippen LogP contribution in [0.4, 0.5) is 5.69 Å². The lowest BCUT2D eigenvalue weighted by atomic mass is 9.94. The lowest BCUT2D eigenvalue weighted by molar-refractivity contribution is -0.117. The minimum absolute atomic E-state index is 0.0659. The molecule has 0 bridgehead atoms. The number of benzene rings is 3. The number of carbonyl (C=O) groups excluding carboxylic acids is 2. The largest absolute Gasteiger partial charge is 0.504 e. The molecule has 7 nitrogen and oxygen atoms in total. The summed E-state index contributed by atoms with van der Waals surface area (Å²) in [6, 6.07) is 20.7. The van der Waals surface area contributed by atoms with Crippen LogP contribution in [0.25, 0.3) is 10.6 Å². The molecular formula is C31H28N2O5S. The Bertz CT molecular complexity index is 1590. The molecule has 0 radical (unpaired) electrons. The van der Waals surface area contributed by atoms with Gasteiger partial charge in [-0.3, -0.25) is 14.5 Å². The van der Waals surface area contributed by atoms with E-state index in [1.165, 1.54) is 29.4 Å². The van der Waals surface area contributed by atoms with Crippen LogP contribution in [0.3, 0.4) is 0 Å². The average Bonchev–Trinajstić information content (AvgIpc) is 3.46. The topological polar surface area (TPSA) is 100.0 Å². The van der Waals surface area contributed by atoms with Crippen LogP contribution in [0.5, 0.6) is 11.5 Å². The molecule has 1 aliphatic rings. The summed E-state index contributed by atoms with van der Waals surface area (Å²) in [5, 5.41) is 22.4. The molecule has 3 aromatic carbocycles. The van der Waals surface area contributed by atoms with Gasteiger partial charge in [-0.05, 0) is 48.2 Å². The van der Waals surface area contributed by atoms with E-state index in [4.69, 9.17) is 4.74 Å². The van der Waals surface area contributed by atoms with Crippen LogP contribution < -0.4 is 9.64 Å². The molecule has 198 valence electrons. The number of carbonyl (C=O) groups is 2. The van der Waals surface area contributed by atoms with Crippen molar-refractivity contribution in [3.63, 3.8) is 0 Å². The van der Waals surface area contributed by atoms with Crippen LogP contribution in [-0.2, 0) is 4.79 Å². The van der Waals surface area contributed by atoms with Gasteiger partial charge in [-0.15, -0.1) is 11.3 Å². The van der Waals surface area contributed by atoms with E-state index < -0.39 is 23.5 Å². The highest BCUT2D eigenvalue weighted by Gasteiger charge is 2.45. The number of nitrogens with zero attached hydrogens (tertiary/aromatic N) is 2. The number of thiazole rings is 1. The number of phenolic OH excluding ortho intramolecular Hbond substituents is 1. The van der Waals surface area contributed by atoms with Gasteiger partial charge < -0.3 is 14.9 Å². The maximum atomic E-state index is 14.1. The van der Waals surface area contributed by atoms with Crippen molar-refractivity contribution in [1.29, 1.82) is 0 Å². The number of aromatic hydroxyl groups is 1. The Balaban J connectivity index is 1.63. The van der Waals surface area contributed by atoms with E-state index in [-0.39, 0.29) is 17.1 Å². The zero-order chi connectivity index (χ0) is 27.8. The number of rotatable bonds is 7. The standard InChI is InChI=1S/C31H28N2O5S/c1-17(2)19-10-13-22(14-11-19)33-26(21-12-15-24(38-4)23(34)16-21)25(28(36)31(33)37)27(35)29-18(3)32-30(39-29)20-8-6-5-7-9-20/h5-17,26,34,36H,1-4H3. The summed E-state index contributed by atoms with van der Waals surface area (Å²) in [6.07, 6.45) is 0. The number of ether oxygens (including phenoxy) is 1. The predicted octanol–water partition coefficient (Wildman–Crippen LogP) is 6.74. The zero-order valence-electron chi connectivity index (χ0n) is 22.0. The van der Waals surface area contributed by atoms with Gasteiger partial charge in [0.15, 0.2) is 17.3 Å². The van der Waals surface area contributed by atoms with Crippen LogP contribution in [0.2, 0.25) is 0 Å². The third kappa shape index (κ3) is 4.68. The summed E-state index contributed by atoms with van der Waals surface area (Å²) < 4.78 is 5.19. The van der Waals surface area contributed by atoms with Gasteiger partial charge in [-0.25, -0.2) is 4.98 Å². The first kappa shape index (κ1) is 26.2. The van der Waals surface area contributed by atoms with Gasteiger partial charge in [0.05, 0.1) is 29.3 Å². The van der Waals surface area contributed by atoms with E-state index in [1.807, 2.05) is 42.5 Å². The van der Waals surface area contributed by atoms with Crippen molar-refractivity contribution in [1.82, 2.24) is 4.98 Å². The molecule has 39 heavy (non-hydrogen) atoms. The molecule has 1 aromatic heterocycles. The molecule has 0 spiro atoms. The number of phenols is 1. The molecule has 4 aromatic rings. The molecule has 8 heteroatoms. The Morgan fingerprint density at radius 2 is 1.72 bits per heavy atom. The number of ketones is 1. The van der Waals surface area contributed by atoms with Crippen molar-refractivity contribution in [2.24, 2.45) is 0 Å². The second-order valence-electron chi connectivity index (χ2n) is 9.65. The van der Waals surface area contributed by atoms with Gasteiger partial charge in [0, 0.05) is 11.3 Å². The Morgan fingerprint density at radius 3 is 2.33 bits per heavy atom. The molecule has 0 fully saturated rings. The molecule has 1 amide bonds. The summed E-state index contributed by atoms with van der Waals surface area (Å²) >= 11 is 1.21. The van der Waals surface area contributed by atoms with E-state index in [0.29, 0.717) is 32.7 Å². The van der Waals surface area contributed by atoms with E-state index in [9.17, 15) is 19.8 Å². The molecule has 0 aliphatic carbocycles. The third-order valence-corrected chi connectivity index (χ3v) is 8.04. The normalized spacial score (nSPS) is 15.4. The number of hydrogen-bond donors (Lipinski definition) is 2. The summed E-state index contributed by atoms with van der Waals surface area (Å²) in [4.78, 5) is 33.9. The zero-order valence-corrected chi connectivity index (χ0v) is 22.8. The number of Topliss-reactive ketones (excluding diaryl/α,β-unsaturated/α-hetero) is 1. The number of aryl methyl sites for hydroxylation is 1. The van der Waals surface area contributed by atoms with Crippen molar-refractivity contribution in [2.45, 2.75) is 32.7 Å². The maximum absolute atomic E-state index is 14.1. The van der Waals surface area contributed by atoms with Gasteiger partial charge in [-0.2, -0.15) is 0 Å². The molecule has 1 unspecified atom stereocenters. The summed E-state index contributed by atoms with van der Waals surface area (Å²) in [7, 11) is 1.44. The van der Waals surface area contributed by atoms with Crippen LogP contribution in [0.15, 0.2) is 84.1 Å². The number of aliphatic hydroxyl groups excluding tert-OH is 1. The fourth-order valence-corrected chi connectivity index (χ4v) is 5.78. The number of methoxy groups -OCH3 is 1. The van der Waals surface area contributed by atoms with Gasteiger partial charge in [-0.1, -0.05) is 62.4 Å². The lowest BCUT2D eigenvalue weighted by Gasteiger charge is -2.27. The third-order valence-electron chi connectivity index (χ3n) is 6.83. The van der Waals surface area contributed by atoms with Gasteiger partial charge >= 0.3 is 0 Å². The Labute approximate surface area is 230 Å². The van der Waals surface area contributed by atoms with Crippen molar-refractivity contribution >= 4 is 28.7 Å². The van der Waals surface area contributed by atoms with Crippen LogP contribution in [-0.4, -0.2) is 34.0 Å². The number of aliphatic hydroxyl groups is 1. The molecule has 0 saturated heterocycles. The first-order chi connectivity index (χ1) is 18.7. The SMILES string of the molecule is COc1ccc(C2C(C(=O)c3sc(-c4ccccc4)nc3C)=C(O)C(=O)N2c2ccc(C(C)C)cc2)cc1O. The maximum Gasteiger partial charge on any atom is 0.294 e. The van der Waals surface area contributed by atoms with Crippen LogP contribution >= 0.6 is 11.3 Å². The van der Waals surface area contributed by atoms with Gasteiger partial charge in [0.1, 0.15) is 5.01 Å². The number of aromatic nitrogens is 1. The van der Waals surface area contributed by atoms with Crippen LogP contribution in [0.1, 0.15) is 52.3 Å². The first-order valence-corrected chi connectivity index (χ1v) is 13.3. The highest BCUT2D eigenvalue weighted by Crippen LogP contribution is 2.45. The fourth-order valence-electron chi connectivity index (χ4n) is 4.75. The molecule has 5 rings (SSSR count). The second kappa shape index (κ2) is 10.4. The Morgan fingerprint density at radius 1 is 1.03 bits per heavy atom. The number of anilines is 1. The fraction of sp³-hybridized carbons (Fsp3) is 0.194. The minimum Gasteiger partial charge on any atom is -0.504 e. The first-order valence-electron chi connectivity index (χ1n) is 12.5. The van der Waals surface area contributed by atoms with Gasteiger partial charge in [0.2, 0.25) is 5.78 Å². The second-order valence-corrected chi connectivity index (χ2v) is 10.6. The molecular weight excluding hydrogens is 512 g/mol. The highest BCUT2D eigenvalue weighted by atomic mass is 32.1. The Hall–Kier alpha value is -4.43. The number of amides is 1. The van der Waals surface area contributed by atoms with E-state index in [0.717, 1.165) is 11.1 Å². The summed E-state index contributed by atoms with van der Waals surface area (Å²) in [5.74, 6) is -1.40. The Kier molecular flexibility index (Phi) is 6.97. The summed E-state index contributed by atoms with van der Waals surface area (Å²) in [5.41, 5.74) is 3.37. The summed E-state index contributed by atoms with van der Waals surface area (Å²) in [6.45, 7) is 5.88. The van der Waals surface area contributed by atoms with E-state index in [1.54, 1.807) is 31.2 Å². The van der Waals surface area contributed by atoms with Crippen molar-refractivity contribution in [2.75, 3.05) is 12.0 Å². The minimum atomic E-state index is -0.978. The van der Waals surface area contributed by atoms with Crippen molar-refractivity contribution in [3.05, 3.63) is 106 Å². The molecule has 0 saturated carbocycles. The highest BCUT2D eigenvalue weighted by molar-refractivity contribution is 7.17. The lowest BCUT2D eigenvalue weighted by Crippen LogP contribution is -2.31. The molecule has 2 N–H and O–H groups in total. The smallest absolute Gasteiger partial charge is 0.294 e. The molecule has 1 atom stereocenters. The van der Waals surface area contributed by atoms with E-state index in [2.05, 4.69) is 18.8 Å². The molecule has 2 heterocycles. The monoisotopic (exact) mass is 540 g/mol. The van der Waals surface area contributed by atoms with Gasteiger partial charge in [0.25, 0.3) is 5.91 Å². The molecule has 1 aliphatic heterocycles. The predicted molar refractivity (Wildman–Crippen MR) is 152 cm³/mol. The number of hydrogen-bond acceptors (Lipinski definition) is 7. The van der Waals surface area contributed by atoms with E-state index >= 15 is 0 Å². The average molecular weight is 541 g/mol. The van der Waals surface area contributed by atoms with Crippen molar-refractivity contribution < 1.29 is 24.5 Å².